The first-order valence-corrected chi connectivity index (χ1v) is 6.65. The number of sulfonamides is 1. The zero-order chi connectivity index (χ0) is 12.2. The predicted octanol–water partition coefficient (Wildman–Crippen LogP) is 2.15. The smallest absolute Gasteiger partial charge is 0.211 e. The molecule has 0 radical (unpaired) electrons. The fourth-order valence-corrected chi connectivity index (χ4v) is 2.23. The molecule has 1 aromatic carbocycles. The summed E-state index contributed by atoms with van der Waals surface area (Å²) in [6.07, 6.45) is 0.778. The maximum absolute atomic E-state index is 12.6. The Morgan fingerprint density at radius 2 is 1.81 bits per heavy atom. The molecule has 0 unspecified atom stereocenters. The van der Waals surface area contributed by atoms with Crippen LogP contribution in [0.2, 0.25) is 0 Å². The van der Waals surface area contributed by atoms with Crippen LogP contribution in [0.3, 0.4) is 0 Å². The van der Waals surface area contributed by atoms with E-state index in [0.29, 0.717) is 12.5 Å². The summed E-state index contributed by atoms with van der Waals surface area (Å²) in [5.41, 5.74) is 0. The van der Waals surface area contributed by atoms with Crippen molar-refractivity contribution < 1.29 is 12.8 Å². The van der Waals surface area contributed by atoms with E-state index in [1.165, 1.54) is 12.1 Å². The van der Waals surface area contributed by atoms with Gasteiger partial charge in [0.1, 0.15) is 5.82 Å². The quantitative estimate of drug-likeness (QED) is 0.864. The van der Waals surface area contributed by atoms with Gasteiger partial charge in [-0.1, -0.05) is 13.8 Å². The van der Waals surface area contributed by atoms with Crippen molar-refractivity contribution in [3.8, 4) is 0 Å². The molecule has 1 aromatic rings. The summed E-state index contributed by atoms with van der Waals surface area (Å²) >= 11 is 0. The van der Waals surface area contributed by atoms with Crippen LogP contribution in [-0.4, -0.2) is 15.0 Å². The van der Waals surface area contributed by atoms with Crippen molar-refractivity contribution in [3.05, 3.63) is 30.1 Å². The van der Waals surface area contributed by atoms with Crippen LogP contribution in [0.5, 0.6) is 0 Å². The number of hydrogen-bond acceptors (Lipinski definition) is 2. The van der Waals surface area contributed by atoms with Crippen molar-refractivity contribution in [1.29, 1.82) is 0 Å². The van der Waals surface area contributed by atoms with E-state index in [-0.39, 0.29) is 4.90 Å². The summed E-state index contributed by atoms with van der Waals surface area (Å²) < 4.78 is 38.5. The molecule has 1 rings (SSSR count). The lowest BCUT2D eigenvalue weighted by Crippen LogP contribution is -2.25. The van der Waals surface area contributed by atoms with E-state index >= 15 is 0 Å². The van der Waals surface area contributed by atoms with Gasteiger partial charge >= 0.3 is 0 Å². The van der Waals surface area contributed by atoms with Crippen LogP contribution in [0.25, 0.3) is 0 Å². The van der Waals surface area contributed by atoms with Gasteiger partial charge in [-0.05, 0) is 36.6 Å². The van der Waals surface area contributed by atoms with Crippen LogP contribution in [0, 0.1) is 11.7 Å². The Bertz CT molecular complexity index is 426. The Balaban J connectivity index is 2.67. The number of halogens is 1. The van der Waals surface area contributed by atoms with Crippen LogP contribution in [-0.2, 0) is 10.0 Å². The highest BCUT2D eigenvalue weighted by molar-refractivity contribution is 7.89. The Hall–Kier alpha value is -0.940. The van der Waals surface area contributed by atoms with E-state index in [4.69, 9.17) is 0 Å². The number of rotatable bonds is 5. The van der Waals surface area contributed by atoms with Gasteiger partial charge in [0, 0.05) is 6.54 Å². The van der Waals surface area contributed by atoms with Gasteiger partial charge in [-0.3, -0.25) is 0 Å². The number of nitrogens with one attached hydrogen (secondary N) is 1. The third kappa shape index (κ3) is 3.90. The average molecular weight is 245 g/mol. The topological polar surface area (TPSA) is 46.2 Å². The molecule has 0 atom stereocenters. The molecule has 0 spiro atoms. The molecule has 16 heavy (non-hydrogen) atoms. The van der Waals surface area contributed by atoms with E-state index in [2.05, 4.69) is 4.72 Å². The fraction of sp³-hybridized carbons (Fsp3) is 0.455. The summed E-state index contributed by atoms with van der Waals surface area (Å²) in [6, 6.07) is 4.79. The molecule has 1 N–H and O–H groups in total. The zero-order valence-corrected chi connectivity index (χ0v) is 10.2. The van der Waals surface area contributed by atoms with Crippen molar-refractivity contribution in [2.45, 2.75) is 25.2 Å². The largest absolute Gasteiger partial charge is 0.240 e. The van der Waals surface area contributed by atoms with Gasteiger partial charge in [-0.25, -0.2) is 17.5 Å². The van der Waals surface area contributed by atoms with E-state index in [0.717, 1.165) is 18.6 Å². The van der Waals surface area contributed by atoms with Crippen molar-refractivity contribution in [2.24, 2.45) is 5.92 Å². The highest BCUT2D eigenvalue weighted by Gasteiger charge is 2.12. The van der Waals surface area contributed by atoms with Crippen molar-refractivity contribution >= 4 is 10.0 Å². The maximum atomic E-state index is 12.6. The van der Waals surface area contributed by atoms with Crippen molar-refractivity contribution in [1.82, 2.24) is 4.72 Å². The van der Waals surface area contributed by atoms with E-state index < -0.39 is 15.8 Å². The third-order valence-electron chi connectivity index (χ3n) is 2.14. The fourth-order valence-electron chi connectivity index (χ4n) is 1.18. The lowest BCUT2D eigenvalue weighted by Gasteiger charge is -2.08. The van der Waals surface area contributed by atoms with Gasteiger partial charge in [0.15, 0.2) is 0 Å². The SMILES string of the molecule is CC(C)CCNS(=O)(=O)c1ccc(F)cc1. The normalized spacial score (nSPS) is 12.0. The summed E-state index contributed by atoms with van der Waals surface area (Å²) in [5, 5.41) is 0. The van der Waals surface area contributed by atoms with Crippen LogP contribution in [0.15, 0.2) is 29.2 Å². The second-order valence-corrected chi connectivity index (χ2v) is 5.80. The minimum absolute atomic E-state index is 0.0951. The molecule has 0 saturated carbocycles. The highest BCUT2D eigenvalue weighted by atomic mass is 32.2. The Kier molecular flexibility index (Phi) is 4.44. The van der Waals surface area contributed by atoms with Crippen molar-refractivity contribution in [2.75, 3.05) is 6.54 Å². The monoisotopic (exact) mass is 245 g/mol. The second-order valence-electron chi connectivity index (χ2n) is 4.03. The molecule has 0 aliphatic heterocycles. The van der Waals surface area contributed by atoms with E-state index in [9.17, 15) is 12.8 Å². The molecule has 0 aliphatic carbocycles. The van der Waals surface area contributed by atoms with Crippen LogP contribution < -0.4 is 4.72 Å². The summed E-state index contributed by atoms with van der Waals surface area (Å²) in [5.74, 6) is -0.00273. The molecule has 0 aromatic heterocycles. The first-order chi connectivity index (χ1) is 7.42. The van der Waals surface area contributed by atoms with Gasteiger partial charge < -0.3 is 0 Å². The van der Waals surface area contributed by atoms with E-state index in [1.807, 2.05) is 13.8 Å². The first kappa shape index (κ1) is 13.1. The molecular weight excluding hydrogens is 229 g/mol. The van der Waals surface area contributed by atoms with Crippen LogP contribution in [0.1, 0.15) is 20.3 Å². The first-order valence-electron chi connectivity index (χ1n) is 5.17. The van der Waals surface area contributed by atoms with Crippen LogP contribution >= 0.6 is 0 Å². The Labute approximate surface area is 95.7 Å². The summed E-state index contributed by atoms with van der Waals surface area (Å²) in [4.78, 5) is 0.0951. The standard InChI is InChI=1S/C11H16FNO2S/c1-9(2)7-8-13-16(14,15)11-5-3-10(12)4-6-11/h3-6,9,13H,7-8H2,1-2H3. The summed E-state index contributed by atoms with van der Waals surface area (Å²) in [6.45, 7) is 4.44. The van der Waals surface area contributed by atoms with Gasteiger partial charge in [0.05, 0.1) is 4.90 Å². The van der Waals surface area contributed by atoms with Crippen LogP contribution in [0.4, 0.5) is 4.39 Å². The zero-order valence-electron chi connectivity index (χ0n) is 9.40. The molecule has 90 valence electrons. The van der Waals surface area contributed by atoms with Gasteiger partial charge in [0.25, 0.3) is 0 Å². The molecule has 0 saturated heterocycles. The molecule has 0 bridgehead atoms. The highest BCUT2D eigenvalue weighted by Crippen LogP contribution is 2.09. The lowest BCUT2D eigenvalue weighted by atomic mass is 10.1. The molecule has 5 heteroatoms. The number of benzene rings is 1. The predicted molar refractivity (Wildman–Crippen MR) is 61.0 cm³/mol. The Morgan fingerprint density at radius 1 is 1.25 bits per heavy atom. The summed E-state index contributed by atoms with van der Waals surface area (Å²) in [7, 11) is -3.49. The molecule has 0 heterocycles. The molecule has 0 fully saturated rings. The minimum Gasteiger partial charge on any atom is -0.211 e. The van der Waals surface area contributed by atoms with Gasteiger partial charge in [-0.2, -0.15) is 0 Å². The molecule has 3 nitrogen and oxygen atoms in total. The van der Waals surface area contributed by atoms with Crippen molar-refractivity contribution in [3.63, 3.8) is 0 Å². The average Bonchev–Trinajstić information content (AvgIpc) is 2.17. The molecule has 0 aliphatic rings. The second kappa shape index (κ2) is 5.41. The number of hydrogen-bond donors (Lipinski definition) is 1. The lowest BCUT2D eigenvalue weighted by molar-refractivity contribution is 0.551. The molecule has 0 amide bonds. The maximum Gasteiger partial charge on any atom is 0.240 e. The van der Waals surface area contributed by atoms with E-state index in [1.54, 1.807) is 0 Å². The van der Waals surface area contributed by atoms with Gasteiger partial charge in [0.2, 0.25) is 10.0 Å². The third-order valence-corrected chi connectivity index (χ3v) is 3.61. The molecular formula is C11H16FNO2S. The van der Waals surface area contributed by atoms with Gasteiger partial charge in [-0.15, -0.1) is 0 Å². The minimum atomic E-state index is -3.49. The Morgan fingerprint density at radius 3 is 2.31 bits per heavy atom.